The molecule has 0 saturated carbocycles. The third kappa shape index (κ3) is 36.8. The fourth-order valence-electron chi connectivity index (χ4n) is 6.40. The third-order valence-corrected chi connectivity index (χ3v) is 10.5. The molecule has 44 heavy (non-hydrogen) atoms. The quantitative estimate of drug-likeness (QED) is 0.0538. The summed E-state index contributed by atoms with van der Waals surface area (Å²) in [6, 6.07) is 0. The largest absolute Gasteiger partial charge is 0.330 e. The van der Waals surface area contributed by atoms with Gasteiger partial charge in [-0.05, 0) is 26.7 Å². The molecule has 266 valence electrons. The van der Waals surface area contributed by atoms with Gasteiger partial charge in [0.25, 0.3) is 0 Å². The average Bonchev–Trinajstić information content (AvgIpc) is 3.00. The van der Waals surface area contributed by atoms with E-state index in [2.05, 4.69) is 27.7 Å². The normalized spacial score (nSPS) is 13.8. The minimum absolute atomic E-state index is 0.0838. The Morgan fingerprint density at radius 3 is 0.727 bits per heavy atom. The first-order valence-electron chi connectivity index (χ1n) is 20.4. The van der Waals surface area contributed by atoms with Crippen LogP contribution in [0.1, 0.15) is 246 Å². The fraction of sp³-hybridized carbons (Fsp3) is 1.00. The minimum atomic E-state index is -1.75. The summed E-state index contributed by atoms with van der Waals surface area (Å²) in [6.45, 7) is 8.76. The highest BCUT2D eigenvalue weighted by Crippen LogP contribution is 2.38. The van der Waals surface area contributed by atoms with Crippen molar-refractivity contribution in [2.45, 2.75) is 258 Å². The molecule has 0 amide bonds. The SMILES string of the molecule is CCCCCCCCCCCCCCCCCCC(C)OP(O)OC(C)CCCCCCCCCCCCCCCCCC. The first-order chi connectivity index (χ1) is 21.6. The molecule has 0 spiro atoms. The minimum Gasteiger partial charge on any atom is -0.328 e. The summed E-state index contributed by atoms with van der Waals surface area (Å²) in [4.78, 5) is 10.3. The van der Waals surface area contributed by atoms with Crippen LogP contribution in [-0.2, 0) is 9.05 Å². The van der Waals surface area contributed by atoms with E-state index in [0.29, 0.717) is 0 Å². The second-order valence-corrected chi connectivity index (χ2v) is 15.2. The van der Waals surface area contributed by atoms with Crippen LogP contribution in [-0.4, -0.2) is 17.1 Å². The van der Waals surface area contributed by atoms with E-state index in [4.69, 9.17) is 9.05 Å². The summed E-state index contributed by atoms with van der Waals surface area (Å²) in [7, 11) is -1.75. The Labute approximate surface area is 280 Å². The molecule has 0 aromatic rings. The molecule has 0 rings (SSSR count). The van der Waals surface area contributed by atoms with Gasteiger partial charge in [0.1, 0.15) is 0 Å². The molecule has 0 radical (unpaired) electrons. The van der Waals surface area contributed by atoms with Crippen molar-refractivity contribution >= 4 is 8.60 Å². The van der Waals surface area contributed by atoms with Crippen molar-refractivity contribution < 1.29 is 13.9 Å². The topological polar surface area (TPSA) is 38.7 Å². The number of hydrogen-bond acceptors (Lipinski definition) is 3. The summed E-state index contributed by atoms with van der Waals surface area (Å²) in [6.07, 6.45) is 46.9. The lowest BCUT2D eigenvalue weighted by Crippen LogP contribution is -2.10. The highest BCUT2D eigenvalue weighted by atomic mass is 31.2. The monoisotopic (exact) mass is 643 g/mol. The van der Waals surface area contributed by atoms with Crippen molar-refractivity contribution in [1.82, 2.24) is 0 Å². The van der Waals surface area contributed by atoms with E-state index in [-0.39, 0.29) is 12.2 Å². The van der Waals surface area contributed by atoms with Crippen molar-refractivity contribution in [3.05, 3.63) is 0 Å². The third-order valence-electron chi connectivity index (χ3n) is 9.47. The Bertz CT molecular complexity index is 473. The van der Waals surface area contributed by atoms with Crippen molar-refractivity contribution in [1.29, 1.82) is 0 Å². The van der Waals surface area contributed by atoms with Crippen molar-refractivity contribution in [3.8, 4) is 0 Å². The van der Waals surface area contributed by atoms with Crippen molar-refractivity contribution in [3.63, 3.8) is 0 Å². The van der Waals surface area contributed by atoms with Crippen LogP contribution in [0.4, 0.5) is 0 Å². The van der Waals surface area contributed by atoms with Gasteiger partial charge in [0, 0.05) is 0 Å². The summed E-state index contributed by atoms with van der Waals surface area (Å²) in [5, 5.41) is 0. The lowest BCUT2D eigenvalue weighted by atomic mass is 10.0. The molecular weight excluding hydrogens is 559 g/mol. The van der Waals surface area contributed by atoms with Crippen molar-refractivity contribution in [2.75, 3.05) is 0 Å². The number of rotatable bonds is 38. The molecule has 0 aliphatic heterocycles. The molecule has 0 aromatic heterocycles. The van der Waals surface area contributed by atoms with Crippen LogP contribution in [0, 0.1) is 0 Å². The first kappa shape index (κ1) is 44.3. The summed E-state index contributed by atoms with van der Waals surface area (Å²) in [5.74, 6) is 0. The van der Waals surface area contributed by atoms with Crippen LogP contribution in [0.5, 0.6) is 0 Å². The van der Waals surface area contributed by atoms with Crippen LogP contribution in [0.25, 0.3) is 0 Å². The lowest BCUT2D eigenvalue weighted by molar-refractivity contribution is 0.114. The standard InChI is InChI=1S/C40H83O3P/c1-5-7-9-11-13-15-17-19-21-23-25-27-29-31-33-35-37-39(3)42-44(41)43-40(4)38-36-34-32-30-28-26-24-22-20-18-16-14-12-10-8-6-2/h39-41H,5-38H2,1-4H3. The van der Waals surface area contributed by atoms with Crippen LogP contribution < -0.4 is 0 Å². The molecule has 0 fully saturated rings. The molecule has 2 atom stereocenters. The summed E-state index contributed by atoms with van der Waals surface area (Å²) < 4.78 is 11.6. The predicted molar refractivity (Wildman–Crippen MR) is 199 cm³/mol. The average molecular weight is 643 g/mol. The number of hydrogen-bond donors (Lipinski definition) is 1. The molecule has 2 unspecified atom stereocenters. The summed E-state index contributed by atoms with van der Waals surface area (Å²) in [5.41, 5.74) is 0. The van der Waals surface area contributed by atoms with E-state index in [1.54, 1.807) is 0 Å². The van der Waals surface area contributed by atoms with E-state index >= 15 is 0 Å². The van der Waals surface area contributed by atoms with Gasteiger partial charge in [-0.3, -0.25) is 0 Å². The van der Waals surface area contributed by atoms with Gasteiger partial charge >= 0.3 is 8.60 Å². The van der Waals surface area contributed by atoms with E-state index in [9.17, 15) is 4.89 Å². The Balaban J connectivity index is 3.37. The van der Waals surface area contributed by atoms with Gasteiger partial charge in [-0.25, -0.2) is 0 Å². The second kappa shape index (κ2) is 37.8. The molecular formula is C40H83O3P. The fourth-order valence-corrected chi connectivity index (χ4v) is 7.27. The maximum Gasteiger partial charge on any atom is 0.330 e. The molecule has 0 aliphatic carbocycles. The van der Waals surface area contributed by atoms with Gasteiger partial charge in [-0.1, -0.05) is 219 Å². The van der Waals surface area contributed by atoms with Gasteiger partial charge in [0.15, 0.2) is 0 Å². The maximum absolute atomic E-state index is 10.3. The molecule has 0 aliphatic rings. The maximum atomic E-state index is 10.3. The molecule has 4 heteroatoms. The zero-order valence-electron chi connectivity index (χ0n) is 30.9. The van der Waals surface area contributed by atoms with Gasteiger partial charge in [-0.15, -0.1) is 0 Å². The zero-order valence-corrected chi connectivity index (χ0v) is 31.8. The Morgan fingerprint density at radius 2 is 0.523 bits per heavy atom. The molecule has 0 aromatic carbocycles. The Hall–Kier alpha value is 0.310. The van der Waals surface area contributed by atoms with E-state index in [0.717, 1.165) is 12.8 Å². The zero-order chi connectivity index (χ0) is 32.2. The van der Waals surface area contributed by atoms with Crippen LogP contribution in [0.3, 0.4) is 0 Å². The van der Waals surface area contributed by atoms with Crippen LogP contribution in [0.2, 0.25) is 0 Å². The van der Waals surface area contributed by atoms with Gasteiger partial charge in [0.05, 0.1) is 12.2 Å². The lowest BCUT2D eigenvalue weighted by Gasteiger charge is -2.20. The Kier molecular flexibility index (Phi) is 38.0. The van der Waals surface area contributed by atoms with E-state index in [1.165, 1.54) is 205 Å². The number of unbranched alkanes of at least 4 members (excludes halogenated alkanes) is 30. The predicted octanol–water partition coefficient (Wildman–Crippen LogP) is 15.3. The first-order valence-corrected chi connectivity index (χ1v) is 21.6. The van der Waals surface area contributed by atoms with Gasteiger partial charge in [-0.2, -0.15) is 0 Å². The molecule has 0 saturated heterocycles. The summed E-state index contributed by atoms with van der Waals surface area (Å²) >= 11 is 0. The van der Waals surface area contributed by atoms with E-state index in [1.807, 2.05) is 0 Å². The highest BCUT2D eigenvalue weighted by Gasteiger charge is 2.16. The van der Waals surface area contributed by atoms with Gasteiger partial charge < -0.3 is 13.9 Å². The van der Waals surface area contributed by atoms with Crippen LogP contribution in [0.15, 0.2) is 0 Å². The van der Waals surface area contributed by atoms with E-state index < -0.39 is 8.60 Å². The molecule has 3 nitrogen and oxygen atoms in total. The highest BCUT2D eigenvalue weighted by molar-refractivity contribution is 7.40. The van der Waals surface area contributed by atoms with Crippen LogP contribution >= 0.6 is 8.60 Å². The second-order valence-electron chi connectivity index (χ2n) is 14.3. The molecule has 1 N–H and O–H groups in total. The van der Waals surface area contributed by atoms with Crippen molar-refractivity contribution in [2.24, 2.45) is 0 Å². The van der Waals surface area contributed by atoms with Gasteiger partial charge in [0.2, 0.25) is 0 Å². The Morgan fingerprint density at radius 1 is 0.341 bits per heavy atom. The molecule has 0 bridgehead atoms. The molecule has 0 heterocycles. The smallest absolute Gasteiger partial charge is 0.328 e.